The molecule has 0 amide bonds. The molecule has 2 nitrogen and oxygen atoms in total. The van der Waals surface area contributed by atoms with Gasteiger partial charge in [-0.15, -0.1) is 0 Å². The zero-order valence-corrected chi connectivity index (χ0v) is 12.5. The van der Waals surface area contributed by atoms with Crippen LogP contribution in [0.1, 0.15) is 39.7 Å². The van der Waals surface area contributed by atoms with Crippen molar-refractivity contribution in [2.75, 3.05) is 20.1 Å². The lowest BCUT2D eigenvalue weighted by Gasteiger charge is -2.41. The lowest BCUT2D eigenvalue weighted by Crippen LogP contribution is -2.50. The van der Waals surface area contributed by atoms with Crippen LogP contribution in [0, 0.1) is 0 Å². The molecule has 1 atom stereocenters. The van der Waals surface area contributed by atoms with E-state index in [1.807, 2.05) is 0 Å². The van der Waals surface area contributed by atoms with Crippen LogP contribution in [0.4, 0.5) is 0 Å². The summed E-state index contributed by atoms with van der Waals surface area (Å²) in [5.41, 5.74) is 7.60. The van der Waals surface area contributed by atoms with Crippen molar-refractivity contribution in [3.8, 4) is 0 Å². The Morgan fingerprint density at radius 3 is 2.11 bits per heavy atom. The Morgan fingerprint density at radius 2 is 1.67 bits per heavy atom. The van der Waals surface area contributed by atoms with Crippen molar-refractivity contribution in [1.29, 1.82) is 0 Å². The monoisotopic (exact) mass is 248 g/mol. The molecule has 0 aromatic heterocycles. The summed E-state index contributed by atoms with van der Waals surface area (Å²) < 4.78 is 0. The Bertz CT molecular complexity index is 359. The van der Waals surface area contributed by atoms with Crippen molar-refractivity contribution in [2.45, 2.75) is 45.1 Å². The van der Waals surface area contributed by atoms with Crippen LogP contribution in [0.25, 0.3) is 0 Å². The highest BCUT2D eigenvalue weighted by atomic mass is 15.2. The fourth-order valence-electron chi connectivity index (χ4n) is 2.12. The van der Waals surface area contributed by atoms with E-state index < -0.39 is 0 Å². The molecule has 0 aliphatic rings. The summed E-state index contributed by atoms with van der Waals surface area (Å²) in [5.74, 6) is 0. The van der Waals surface area contributed by atoms with E-state index in [9.17, 15) is 0 Å². The Morgan fingerprint density at radius 1 is 1.11 bits per heavy atom. The molecular weight excluding hydrogens is 220 g/mol. The third-order valence-corrected chi connectivity index (χ3v) is 4.41. The Balaban J connectivity index is 2.91. The molecule has 0 aliphatic carbocycles. The summed E-state index contributed by atoms with van der Waals surface area (Å²) in [7, 11) is 2.19. The second kappa shape index (κ2) is 5.85. The zero-order valence-electron chi connectivity index (χ0n) is 12.5. The standard InChI is InChI=1S/C16H28N2/c1-6-15(2,3)18(5)13-16(4,12-17)14-10-8-7-9-11-14/h7-11H,6,12-13,17H2,1-5H3. The first-order valence-electron chi connectivity index (χ1n) is 6.82. The largest absolute Gasteiger partial charge is 0.330 e. The maximum Gasteiger partial charge on any atom is 0.0174 e. The van der Waals surface area contributed by atoms with Crippen molar-refractivity contribution in [1.82, 2.24) is 4.90 Å². The van der Waals surface area contributed by atoms with E-state index in [0.717, 1.165) is 13.0 Å². The zero-order chi connectivity index (χ0) is 13.8. The average Bonchev–Trinajstić information content (AvgIpc) is 2.39. The highest BCUT2D eigenvalue weighted by molar-refractivity contribution is 5.25. The van der Waals surface area contributed by atoms with Crippen molar-refractivity contribution < 1.29 is 0 Å². The van der Waals surface area contributed by atoms with E-state index in [0.29, 0.717) is 6.54 Å². The normalized spacial score (nSPS) is 15.7. The number of hydrogen-bond acceptors (Lipinski definition) is 2. The van der Waals surface area contributed by atoms with E-state index in [2.05, 4.69) is 70.0 Å². The van der Waals surface area contributed by atoms with Gasteiger partial charge in [0.25, 0.3) is 0 Å². The molecule has 0 spiro atoms. The molecule has 102 valence electrons. The van der Waals surface area contributed by atoms with Gasteiger partial charge in [-0.25, -0.2) is 0 Å². The number of likely N-dealkylation sites (N-methyl/N-ethyl adjacent to an activating group) is 1. The van der Waals surface area contributed by atoms with E-state index in [1.165, 1.54) is 5.56 Å². The van der Waals surface area contributed by atoms with Gasteiger partial charge in [0.05, 0.1) is 0 Å². The Kier molecular flexibility index (Phi) is 4.94. The molecule has 1 unspecified atom stereocenters. The first-order valence-corrected chi connectivity index (χ1v) is 6.82. The second-order valence-corrected chi connectivity index (χ2v) is 6.15. The smallest absolute Gasteiger partial charge is 0.0174 e. The first kappa shape index (κ1) is 15.2. The molecule has 1 rings (SSSR count). The summed E-state index contributed by atoms with van der Waals surface area (Å²) in [4.78, 5) is 2.42. The molecule has 0 saturated heterocycles. The van der Waals surface area contributed by atoms with Gasteiger partial charge >= 0.3 is 0 Å². The van der Waals surface area contributed by atoms with Crippen molar-refractivity contribution in [2.24, 2.45) is 5.73 Å². The van der Waals surface area contributed by atoms with Crippen LogP contribution in [0.5, 0.6) is 0 Å². The second-order valence-electron chi connectivity index (χ2n) is 6.15. The van der Waals surface area contributed by atoms with Crippen LogP contribution >= 0.6 is 0 Å². The predicted molar refractivity (Wildman–Crippen MR) is 79.8 cm³/mol. The average molecular weight is 248 g/mol. The molecular formula is C16H28N2. The maximum atomic E-state index is 6.05. The van der Waals surface area contributed by atoms with Gasteiger partial charge in [0.2, 0.25) is 0 Å². The lowest BCUT2D eigenvalue weighted by molar-refractivity contribution is 0.121. The molecule has 2 heteroatoms. The molecule has 1 aromatic rings. The van der Waals surface area contributed by atoms with Crippen molar-refractivity contribution >= 4 is 0 Å². The van der Waals surface area contributed by atoms with Gasteiger partial charge in [0, 0.05) is 24.0 Å². The summed E-state index contributed by atoms with van der Waals surface area (Å²) in [6.45, 7) is 10.7. The Hall–Kier alpha value is -0.860. The highest BCUT2D eigenvalue weighted by Crippen LogP contribution is 2.27. The van der Waals surface area contributed by atoms with Crippen LogP contribution in [0.2, 0.25) is 0 Å². The van der Waals surface area contributed by atoms with Gasteiger partial charge in [0.1, 0.15) is 0 Å². The van der Waals surface area contributed by atoms with Crippen LogP contribution < -0.4 is 5.73 Å². The van der Waals surface area contributed by atoms with Crippen molar-refractivity contribution in [3.05, 3.63) is 35.9 Å². The van der Waals surface area contributed by atoms with Crippen LogP contribution in [0.3, 0.4) is 0 Å². The van der Waals surface area contributed by atoms with Gasteiger partial charge in [-0.2, -0.15) is 0 Å². The van der Waals surface area contributed by atoms with Crippen LogP contribution in [-0.2, 0) is 5.41 Å². The van der Waals surface area contributed by atoms with Gasteiger partial charge in [0.15, 0.2) is 0 Å². The molecule has 0 fully saturated rings. The van der Waals surface area contributed by atoms with Gasteiger partial charge in [-0.05, 0) is 32.9 Å². The minimum atomic E-state index is 0.0163. The van der Waals surface area contributed by atoms with Gasteiger partial charge in [-0.3, -0.25) is 0 Å². The molecule has 2 N–H and O–H groups in total. The lowest BCUT2D eigenvalue weighted by atomic mass is 9.81. The van der Waals surface area contributed by atoms with Gasteiger partial charge in [-0.1, -0.05) is 44.2 Å². The SMILES string of the molecule is CCC(C)(C)N(C)CC(C)(CN)c1ccccc1. The van der Waals surface area contributed by atoms with E-state index in [-0.39, 0.29) is 11.0 Å². The molecule has 0 bridgehead atoms. The highest BCUT2D eigenvalue weighted by Gasteiger charge is 2.31. The maximum absolute atomic E-state index is 6.05. The number of rotatable bonds is 6. The summed E-state index contributed by atoms with van der Waals surface area (Å²) in [5, 5.41) is 0. The third kappa shape index (κ3) is 3.33. The van der Waals surface area contributed by atoms with Crippen LogP contribution in [-0.4, -0.2) is 30.6 Å². The number of nitrogens with two attached hydrogens (primary N) is 1. The third-order valence-electron chi connectivity index (χ3n) is 4.41. The molecule has 0 saturated carbocycles. The summed E-state index contributed by atoms with van der Waals surface area (Å²) in [6, 6.07) is 10.6. The number of nitrogens with zero attached hydrogens (tertiary/aromatic N) is 1. The fourth-order valence-corrected chi connectivity index (χ4v) is 2.12. The molecule has 0 heterocycles. The van der Waals surface area contributed by atoms with Crippen LogP contribution in [0.15, 0.2) is 30.3 Å². The Labute approximate surface area is 112 Å². The molecule has 1 aromatic carbocycles. The minimum absolute atomic E-state index is 0.0163. The predicted octanol–water partition coefficient (Wildman–Crippen LogP) is 3.02. The van der Waals surface area contributed by atoms with E-state index >= 15 is 0 Å². The van der Waals surface area contributed by atoms with E-state index in [4.69, 9.17) is 5.73 Å². The molecule has 0 radical (unpaired) electrons. The van der Waals surface area contributed by atoms with Crippen molar-refractivity contribution in [3.63, 3.8) is 0 Å². The van der Waals surface area contributed by atoms with Gasteiger partial charge < -0.3 is 10.6 Å². The van der Waals surface area contributed by atoms with E-state index in [1.54, 1.807) is 0 Å². The topological polar surface area (TPSA) is 29.3 Å². The minimum Gasteiger partial charge on any atom is -0.330 e. The number of hydrogen-bond donors (Lipinski definition) is 1. The molecule has 0 aliphatic heterocycles. The first-order chi connectivity index (χ1) is 8.35. The summed E-state index contributed by atoms with van der Waals surface area (Å²) in [6.07, 6.45) is 1.14. The fraction of sp³-hybridized carbons (Fsp3) is 0.625. The molecule has 18 heavy (non-hydrogen) atoms. The number of benzene rings is 1. The quantitative estimate of drug-likeness (QED) is 0.838. The summed E-state index contributed by atoms with van der Waals surface area (Å²) >= 11 is 0.